The highest BCUT2D eigenvalue weighted by Gasteiger charge is 2.24. The Kier molecular flexibility index (Phi) is 4.98. The SMILES string of the molecule is NCCC(=O)N1CCN(C(=O)c2cccc(Cl)c2)CC1. The summed E-state index contributed by atoms with van der Waals surface area (Å²) in [5, 5.41) is 0.549. The summed E-state index contributed by atoms with van der Waals surface area (Å²) in [6, 6.07) is 6.91. The average Bonchev–Trinajstić information content (AvgIpc) is 2.47. The first-order valence-electron chi connectivity index (χ1n) is 6.64. The molecule has 1 aliphatic rings. The summed E-state index contributed by atoms with van der Waals surface area (Å²) in [6.45, 7) is 2.57. The molecule has 1 aliphatic heterocycles. The van der Waals surface area contributed by atoms with E-state index in [-0.39, 0.29) is 11.8 Å². The molecule has 0 unspecified atom stereocenters. The molecule has 1 aromatic carbocycles. The van der Waals surface area contributed by atoms with Gasteiger partial charge in [-0.2, -0.15) is 0 Å². The van der Waals surface area contributed by atoms with E-state index in [1.54, 1.807) is 34.1 Å². The van der Waals surface area contributed by atoms with Gasteiger partial charge < -0.3 is 15.5 Å². The maximum absolute atomic E-state index is 12.3. The molecule has 20 heavy (non-hydrogen) atoms. The monoisotopic (exact) mass is 295 g/mol. The fourth-order valence-corrected chi connectivity index (χ4v) is 2.43. The molecule has 2 rings (SSSR count). The highest BCUT2D eigenvalue weighted by atomic mass is 35.5. The number of halogens is 1. The molecule has 0 saturated carbocycles. The fourth-order valence-electron chi connectivity index (χ4n) is 2.24. The van der Waals surface area contributed by atoms with Crippen molar-refractivity contribution in [2.24, 2.45) is 5.73 Å². The minimum atomic E-state index is -0.0431. The average molecular weight is 296 g/mol. The molecule has 108 valence electrons. The van der Waals surface area contributed by atoms with Gasteiger partial charge in [-0.3, -0.25) is 9.59 Å². The summed E-state index contributed by atoms with van der Waals surface area (Å²) < 4.78 is 0. The van der Waals surface area contributed by atoms with Crippen LogP contribution in [0.4, 0.5) is 0 Å². The lowest BCUT2D eigenvalue weighted by Crippen LogP contribution is -2.50. The topological polar surface area (TPSA) is 66.6 Å². The smallest absolute Gasteiger partial charge is 0.254 e. The predicted molar refractivity (Wildman–Crippen MR) is 77.6 cm³/mol. The van der Waals surface area contributed by atoms with Crippen LogP contribution in [0.25, 0.3) is 0 Å². The lowest BCUT2D eigenvalue weighted by molar-refractivity contribution is -0.132. The van der Waals surface area contributed by atoms with Crippen LogP contribution in [0.1, 0.15) is 16.8 Å². The summed E-state index contributed by atoms with van der Waals surface area (Å²) in [6.07, 6.45) is 0.363. The minimum absolute atomic E-state index is 0.0431. The number of carbonyl (C=O) groups is 2. The van der Waals surface area contributed by atoms with Gasteiger partial charge in [0.05, 0.1) is 0 Å². The number of rotatable bonds is 3. The van der Waals surface area contributed by atoms with E-state index in [2.05, 4.69) is 0 Å². The van der Waals surface area contributed by atoms with Crippen LogP contribution in [0, 0.1) is 0 Å². The molecule has 1 saturated heterocycles. The van der Waals surface area contributed by atoms with Crippen molar-refractivity contribution in [3.05, 3.63) is 34.9 Å². The first kappa shape index (κ1) is 14.8. The van der Waals surface area contributed by atoms with Gasteiger partial charge in [0.2, 0.25) is 5.91 Å². The fraction of sp³-hybridized carbons (Fsp3) is 0.429. The Bertz CT molecular complexity index is 499. The number of nitrogens with zero attached hydrogens (tertiary/aromatic N) is 2. The van der Waals surface area contributed by atoms with Crippen LogP contribution >= 0.6 is 11.6 Å². The number of amides is 2. The Balaban J connectivity index is 1.93. The maximum Gasteiger partial charge on any atom is 0.254 e. The highest BCUT2D eigenvalue weighted by Crippen LogP contribution is 2.14. The molecular weight excluding hydrogens is 278 g/mol. The summed E-state index contributed by atoms with van der Waals surface area (Å²) in [5.74, 6) is 0.0146. The molecule has 6 heteroatoms. The molecule has 1 heterocycles. The Morgan fingerprint density at radius 3 is 2.40 bits per heavy atom. The number of carbonyl (C=O) groups excluding carboxylic acids is 2. The van der Waals surface area contributed by atoms with Crippen molar-refractivity contribution < 1.29 is 9.59 Å². The lowest BCUT2D eigenvalue weighted by Gasteiger charge is -2.34. The zero-order valence-electron chi connectivity index (χ0n) is 11.2. The van der Waals surface area contributed by atoms with Crippen LogP contribution in [0.3, 0.4) is 0 Å². The quantitative estimate of drug-likeness (QED) is 0.904. The Morgan fingerprint density at radius 1 is 1.15 bits per heavy atom. The van der Waals surface area contributed by atoms with Crippen molar-refractivity contribution in [2.45, 2.75) is 6.42 Å². The third kappa shape index (κ3) is 3.49. The van der Waals surface area contributed by atoms with Crippen LogP contribution in [-0.2, 0) is 4.79 Å². The van der Waals surface area contributed by atoms with Crippen molar-refractivity contribution in [2.75, 3.05) is 32.7 Å². The second-order valence-electron chi connectivity index (χ2n) is 4.72. The number of hydrogen-bond acceptors (Lipinski definition) is 3. The molecular formula is C14H18ClN3O2. The molecule has 0 aromatic heterocycles. The maximum atomic E-state index is 12.3. The van der Waals surface area contributed by atoms with Crippen LogP contribution in [0.15, 0.2) is 24.3 Å². The van der Waals surface area contributed by atoms with Crippen molar-refractivity contribution >= 4 is 23.4 Å². The molecule has 0 radical (unpaired) electrons. The van der Waals surface area contributed by atoms with E-state index in [1.807, 2.05) is 0 Å². The first-order valence-corrected chi connectivity index (χ1v) is 7.02. The summed E-state index contributed by atoms with van der Waals surface area (Å²) in [7, 11) is 0. The third-order valence-electron chi connectivity index (χ3n) is 3.35. The van der Waals surface area contributed by atoms with Gasteiger partial charge in [0.15, 0.2) is 0 Å². The number of piperazine rings is 1. The summed E-state index contributed by atoms with van der Waals surface area (Å²) in [5.41, 5.74) is 5.96. The van der Waals surface area contributed by atoms with Gasteiger partial charge in [-0.15, -0.1) is 0 Å². The molecule has 0 bridgehead atoms. The molecule has 2 N–H and O–H groups in total. The number of hydrogen-bond donors (Lipinski definition) is 1. The van der Waals surface area contributed by atoms with Crippen LogP contribution in [-0.4, -0.2) is 54.3 Å². The summed E-state index contributed by atoms with van der Waals surface area (Å²) >= 11 is 5.89. The summed E-state index contributed by atoms with van der Waals surface area (Å²) in [4.78, 5) is 27.5. The van der Waals surface area contributed by atoms with Crippen LogP contribution in [0.5, 0.6) is 0 Å². The van der Waals surface area contributed by atoms with Crippen LogP contribution in [0.2, 0.25) is 5.02 Å². The Morgan fingerprint density at radius 2 is 1.80 bits per heavy atom. The van der Waals surface area contributed by atoms with Gasteiger partial charge in [0, 0.05) is 49.7 Å². The van der Waals surface area contributed by atoms with Crippen molar-refractivity contribution in [1.29, 1.82) is 0 Å². The van der Waals surface area contributed by atoms with E-state index in [0.29, 0.717) is 49.7 Å². The Labute approximate surface area is 123 Å². The van der Waals surface area contributed by atoms with Gasteiger partial charge in [-0.25, -0.2) is 0 Å². The van der Waals surface area contributed by atoms with Gasteiger partial charge in [-0.1, -0.05) is 17.7 Å². The molecule has 0 atom stereocenters. The molecule has 0 aliphatic carbocycles. The van der Waals surface area contributed by atoms with Gasteiger partial charge in [-0.05, 0) is 18.2 Å². The third-order valence-corrected chi connectivity index (χ3v) is 3.58. The second-order valence-corrected chi connectivity index (χ2v) is 5.16. The minimum Gasteiger partial charge on any atom is -0.339 e. The number of nitrogens with two attached hydrogens (primary N) is 1. The Hall–Kier alpha value is -1.59. The second kappa shape index (κ2) is 6.72. The lowest BCUT2D eigenvalue weighted by atomic mass is 10.2. The largest absolute Gasteiger partial charge is 0.339 e. The zero-order chi connectivity index (χ0) is 14.5. The van der Waals surface area contributed by atoms with E-state index < -0.39 is 0 Å². The molecule has 1 fully saturated rings. The van der Waals surface area contributed by atoms with E-state index in [1.165, 1.54) is 0 Å². The van der Waals surface area contributed by atoms with Gasteiger partial charge in [0.25, 0.3) is 5.91 Å². The zero-order valence-corrected chi connectivity index (χ0v) is 12.0. The van der Waals surface area contributed by atoms with Gasteiger partial charge in [0.1, 0.15) is 0 Å². The highest BCUT2D eigenvalue weighted by molar-refractivity contribution is 6.30. The molecule has 0 spiro atoms. The van der Waals surface area contributed by atoms with Gasteiger partial charge >= 0.3 is 0 Å². The standard InChI is InChI=1S/C14H18ClN3O2/c15-12-3-1-2-11(10-12)14(20)18-8-6-17(7-9-18)13(19)4-5-16/h1-3,10H,4-9,16H2. The predicted octanol–water partition coefficient (Wildman–Crippen LogP) is 0.973. The van der Waals surface area contributed by atoms with Crippen molar-refractivity contribution in [3.8, 4) is 0 Å². The molecule has 2 amide bonds. The number of benzene rings is 1. The van der Waals surface area contributed by atoms with Crippen molar-refractivity contribution in [1.82, 2.24) is 9.80 Å². The van der Waals surface area contributed by atoms with E-state index in [9.17, 15) is 9.59 Å². The van der Waals surface area contributed by atoms with E-state index in [0.717, 1.165) is 0 Å². The first-order chi connectivity index (χ1) is 9.61. The van der Waals surface area contributed by atoms with Crippen LogP contribution < -0.4 is 5.73 Å². The van der Waals surface area contributed by atoms with E-state index in [4.69, 9.17) is 17.3 Å². The van der Waals surface area contributed by atoms with Crippen molar-refractivity contribution in [3.63, 3.8) is 0 Å². The molecule has 5 nitrogen and oxygen atoms in total. The van der Waals surface area contributed by atoms with E-state index >= 15 is 0 Å². The molecule has 1 aromatic rings. The normalized spacial score (nSPS) is 15.3.